The summed E-state index contributed by atoms with van der Waals surface area (Å²) in [6.45, 7) is 9.58. The summed E-state index contributed by atoms with van der Waals surface area (Å²) in [5, 5.41) is 8.57. The average Bonchev–Trinajstić information content (AvgIpc) is 2.80. The Kier molecular flexibility index (Phi) is 11.2. The first kappa shape index (κ1) is 28.3. The molecule has 0 aliphatic carbocycles. The highest BCUT2D eigenvalue weighted by molar-refractivity contribution is 6.02. The van der Waals surface area contributed by atoms with Gasteiger partial charge in [0.2, 0.25) is 0 Å². The van der Waals surface area contributed by atoms with Crippen LogP contribution in [0.4, 0.5) is 23.2 Å². The predicted octanol–water partition coefficient (Wildman–Crippen LogP) is 6.00. The highest BCUT2D eigenvalue weighted by Crippen LogP contribution is 2.32. The fourth-order valence-corrected chi connectivity index (χ4v) is 3.60. The van der Waals surface area contributed by atoms with Crippen molar-refractivity contribution in [1.82, 2.24) is 10.6 Å². The summed E-state index contributed by atoms with van der Waals surface area (Å²) in [6, 6.07) is 1.38. The van der Waals surface area contributed by atoms with Gasteiger partial charge in [0.05, 0.1) is 6.61 Å². The average molecular weight is 495 g/mol. The summed E-state index contributed by atoms with van der Waals surface area (Å²) in [4.78, 5) is 4.21. The largest absolute Gasteiger partial charge is 0.412 e. The van der Waals surface area contributed by atoms with E-state index in [9.17, 15) is 17.6 Å². The molecule has 3 N–H and O–H groups in total. The molecule has 1 aromatic carbocycles. The lowest BCUT2D eigenvalue weighted by atomic mass is 10.0. The molecule has 192 valence electrons. The van der Waals surface area contributed by atoms with Gasteiger partial charge in [-0.2, -0.15) is 13.2 Å². The number of alkyl halides is 3. The lowest BCUT2D eigenvalue weighted by molar-refractivity contribution is -0.133. The van der Waals surface area contributed by atoms with Crippen molar-refractivity contribution >= 4 is 11.5 Å². The second-order valence-corrected chi connectivity index (χ2v) is 8.21. The number of amidine groups is 1. The van der Waals surface area contributed by atoms with E-state index in [4.69, 9.17) is 4.74 Å². The van der Waals surface area contributed by atoms with E-state index in [-0.39, 0.29) is 29.3 Å². The van der Waals surface area contributed by atoms with Crippen molar-refractivity contribution in [2.75, 3.05) is 25.5 Å². The molecule has 1 saturated heterocycles. The fraction of sp³-hybridized carbons (Fsp3) is 0.423. The second-order valence-electron chi connectivity index (χ2n) is 8.21. The Labute approximate surface area is 204 Å². The summed E-state index contributed by atoms with van der Waals surface area (Å²) in [7, 11) is 1.38. The Morgan fingerprint density at radius 1 is 1.26 bits per heavy atom. The van der Waals surface area contributed by atoms with Crippen LogP contribution in [0.2, 0.25) is 0 Å². The molecular formula is C26H34F4N4O. The number of halogens is 4. The third-order valence-corrected chi connectivity index (χ3v) is 5.20. The molecule has 0 bridgehead atoms. The number of allylic oxidation sites excluding steroid dienone is 5. The Hall–Kier alpha value is -2.91. The standard InChI is InChI=1S/C21H23F4N3O.C5H11N/c1-5-6-7-17(20-26-13(2)10-14(3)27-20)19(21(23,24)25)28-18-9-8-16(22)11-15(18)12-29-4;1-2-4-6-5-3-1/h5-11,19,28H,2,12H2,1,3-4H3,(H,26,27);6H,1-5H2/b6-5-,17-7-;. The molecule has 0 aromatic heterocycles. The molecule has 0 saturated carbocycles. The van der Waals surface area contributed by atoms with E-state index >= 15 is 0 Å². The highest BCUT2D eigenvalue weighted by atomic mass is 19.4. The van der Waals surface area contributed by atoms with Gasteiger partial charge in [-0.3, -0.25) is 0 Å². The molecule has 0 radical (unpaired) electrons. The van der Waals surface area contributed by atoms with E-state index in [1.807, 2.05) is 0 Å². The van der Waals surface area contributed by atoms with Gasteiger partial charge in [0.15, 0.2) is 6.04 Å². The zero-order chi connectivity index (χ0) is 25.8. The molecule has 0 amide bonds. The van der Waals surface area contributed by atoms with Gasteiger partial charge < -0.3 is 20.7 Å². The van der Waals surface area contributed by atoms with Gasteiger partial charge in [-0.1, -0.05) is 31.2 Å². The molecule has 5 nitrogen and oxygen atoms in total. The molecule has 1 unspecified atom stereocenters. The van der Waals surface area contributed by atoms with E-state index in [0.717, 1.165) is 12.1 Å². The Bertz CT molecular complexity index is 965. The molecule has 1 atom stereocenters. The molecule has 35 heavy (non-hydrogen) atoms. The van der Waals surface area contributed by atoms with Crippen LogP contribution in [0.3, 0.4) is 0 Å². The maximum absolute atomic E-state index is 14.1. The Morgan fingerprint density at radius 3 is 2.49 bits per heavy atom. The van der Waals surface area contributed by atoms with Crippen molar-refractivity contribution in [2.45, 2.75) is 51.9 Å². The topological polar surface area (TPSA) is 57.7 Å². The number of piperidine rings is 1. The van der Waals surface area contributed by atoms with Crippen molar-refractivity contribution < 1.29 is 22.3 Å². The monoisotopic (exact) mass is 494 g/mol. The zero-order valence-electron chi connectivity index (χ0n) is 20.4. The minimum absolute atomic E-state index is 0.0401. The van der Waals surface area contributed by atoms with Gasteiger partial charge in [0, 0.05) is 35.3 Å². The lowest BCUT2D eigenvalue weighted by Gasteiger charge is -2.28. The van der Waals surface area contributed by atoms with Crippen LogP contribution in [0.25, 0.3) is 0 Å². The van der Waals surface area contributed by atoms with Gasteiger partial charge >= 0.3 is 6.18 Å². The third-order valence-electron chi connectivity index (χ3n) is 5.20. The number of nitrogens with zero attached hydrogens (tertiary/aromatic N) is 1. The number of anilines is 1. The number of hydrogen-bond donors (Lipinski definition) is 3. The molecule has 2 aliphatic rings. The van der Waals surface area contributed by atoms with E-state index in [0.29, 0.717) is 11.4 Å². The van der Waals surface area contributed by atoms with Crippen LogP contribution in [0, 0.1) is 5.82 Å². The minimum Gasteiger partial charge on any atom is -0.380 e. The second kappa shape index (κ2) is 13.8. The van der Waals surface area contributed by atoms with Crippen molar-refractivity contribution in [1.29, 1.82) is 0 Å². The van der Waals surface area contributed by atoms with Crippen LogP contribution >= 0.6 is 0 Å². The molecule has 2 aliphatic heterocycles. The molecule has 1 aromatic rings. The van der Waals surface area contributed by atoms with Crippen molar-refractivity contribution in [3.8, 4) is 0 Å². The SMILES string of the molecule is C1CCNCC1.C=C1C=C(C)N=C(/C(=C\C=C/C)C(Nc2ccc(F)cc2COC)C(F)(F)F)N1. The Balaban J connectivity index is 0.000000625. The number of methoxy groups -OCH3 is 1. The summed E-state index contributed by atoms with van der Waals surface area (Å²) >= 11 is 0. The van der Waals surface area contributed by atoms with Gasteiger partial charge in [0.25, 0.3) is 0 Å². The highest BCUT2D eigenvalue weighted by Gasteiger charge is 2.44. The van der Waals surface area contributed by atoms with Crippen LogP contribution < -0.4 is 16.0 Å². The van der Waals surface area contributed by atoms with Crippen molar-refractivity contribution in [2.24, 2.45) is 4.99 Å². The molecule has 3 rings (SSSR count). The van der Waals surface area contributed by atoms with E-state index in [1.54, 1.807) is 26.0 Å². The molecule has 2 heterocycles. The first-order valence-corrected chi connectivity index (χ1v) is 11.5. The van der Waals surface area contributed by atoms with Gasteiger partial charge in [-0.15, -0.1) is 0 Å². The minimum atomic E-state index is -4.66. The lowest BCUT2D eigenvalue weighted by Crippen LogP contribution is -2.44. The smallest absolute Gasteiger partial charge is 0.380 e. The van der Waals surface area contributed by atoms with Crippen molar-refractivity contribution in [3.05, 3.63) is 77.4 Å². The van der Waals surface area contributed by atoms with E-state index in [1.165, 1.54) is 57.7 Å². The summed E-state index contributed by atoms with van der Waals surface area (Å²) in [5.41, 5.74) is 1.21. The number of benzene rings is 1. The molecule has 1 fully saturated rings. The van der Waals surface area contributed by atoms with Crippen LogP contribution in [-0.2, 0) is 11.3 Å². The number of aliphatic imine (C=N–C) groups is 1. The van der Waals surface area contributed by atoms with E-state index in [2.05, 4.69) is 27.5 Å². The van der Waals surface area contributed by atoms with Gasteiger partial charge in [-0.25, -0.2) is 9.38 Å². The summed E-state index contributed by atoms with van der Waals surface area (Å²) in [5.74, 6) is -0.524. The zero-order valence-corrected chi connectivity index (χ0v) is 20.4. The third kappa shape index (κ3) is 9.33. The quantitative estimate of drug-likeness (QED) is 0.322. The van der Waals surface area contributed by atoms with E-state index < -0.39 is 18.0 Å². The van der Waals surface area contributed by atoms with Crippen LogP contribution in [0.5, 0.6) is 0 Å². The normalized spacial score (nSPS) is 17.7. The summed E-state index contributed by atoms with van der Waals surface area (Å²) in [6.07, 6.45) is 5.63. The maximum atomic E-state index is 14.1. The fourth-order valence-electron chi connectivity index (χ4n) is 3.60. The molecule has 0 spiro atoms. The van der Waals surface area contributed by atoms with Crippen molar-refractivity contribution in [3.63, 3.8) is 0 Å². The van der Waals surface area contributed by atoms with Crippen LogP contribution in [0.15, 0.2) is 71.0 Å². The number of ether oxygens (including phenoxy) is 1. The molecular weight excluding hydrogens is 460 g/mol. The first-order chi connectivity index (χ1) is 16.7. The number of rotatable bonds is 7. The first-order valence-electron chi connectivity index (χ1n) is 11.5. The maximum Gasteiger partial charge on any atom is 0.412 e. The number of nitrogens with one attached hydrogen (secondary N) is 3. The molecule has 9 heteroatoms. The van der Waals surface area contributed by atoms with Gasteiger partial charge in [-0.05, 0) is 64.1 Å². The van der Waals surface area contributed by atoms with Crippen LogP contribution in [-0.4, -0.2) is 38.3 Å². The predicted molar refractivity (Wildman–Crippen MR) is 134 cm³/mol. The van der Waals surface area contributed by atoms with Crippen LogP contribution in [0.1, 0.15) is 38.7 Å². The Morgan fingerprint density at radius 2 is 1.97 bits per heavy atom. The summed E-state index contributed by atoms with van der Waals surface area (Å²) < 4.78 is 60.8. The van der Waals surface area contributed by atoms with Gasteiger partial charge in [0.1, 0.15) is 11.7 Å². The number of hydrogen-bond acceptors (Lipinski definition) is 5.